The third-order valence-electron chi connectivity index (χ3n) is 6.11. The lowest BCUT2D eigenvalue weighted by Gasteiger charge is -2.36. The van der Waals surface area contributed by atoms with Crippen LogP contribution in [0.3, 0.4) is 0 Å². The van der Waals surface area contributed by atoms with Crippen LogP contribution in [-0.4, -0.2) is 80.2 Å². The van der Waals surface area contributed by atoms with E-state index in [2.05, 4.69) is 55.8 Å². The number of fused-ring (bicyclic) bond motifs is 1. The molecule has 170 valence electrons. The van der Waals surface area contributed by atoms with Crippen molar-refractivity contribution >= 4 is 11.9 Å². The number of guanidine groups is 1. The monoisotopic (exact) mass is 435 g/mol. The summed E-state index contributed by atoms with van der Waals surface area (Å²) in [6.07, 6.45) is 1.03. The molecule has 2 aliphatic rings. The van der Waals surface area contributed by atoms with Crippen LogP contribution in [0.2, 0.25) is 0 Å². The molecule has 1 amide bonds. The number of aliphatic imine (C=N–C) groups is 1. The van der Waals surface area contributed by atoms with E-state index in [1.165, 1.54) is 5.56 Å². The average Bonchev–Trinajstić information content (AvgIpc) is 3.27. The van der Waals surface area contributed by atoms with E-state index in [1.54, 1.807) is 0 Å². The van der Waals surface area contributed by atoms with Crippen LogP contribution < -0.4 is 10.6 Å². The van der Waals surface area contributed by atoms with Gasteiger partial charge in [0.2, 0.25) is 0 Å². The molecule has 2 N–H and O–H groups in total. The van der Waals surface area contributed by atoms with Crippen LogP contribution in [0.1, 0.15) is 22.3 Å². The van der Waals surface area contributed by atoms with Crippen LogP contribution in [-0.2, 0) is 11.3 Å². The molecule has 2 aromatic carbocycles. The van der Waals surface area contributed by atoms with Crippen LogP contribution in [0, 0.1) is 0 Å². The molecule has 0 aliphatic carbocycles. The van der Waals surface area contributed by atoms with Crippen LogP contribution >= 0.6 is 0 Å². The molecule has 2 atom stereocenters. The lowest BCUT2D eigenvalue weighted by molar-refractivity contribution is -0.0502. The Morgan fingerprint density at radius 2 is 1.75 bits per heavy atom. The second-order valence-corrected chi connectivity index (χ2v) is 8.29. The Morgan fingerprint density at radius 1 is 1.03 bits per heavy atom. The van der Waals surface area contributed by atoms with Gasteiger partial charge < -0.3 is 20.3 Å². The van der Waals surface area contributed by atoms with Gasteiger partial charge in [0.25, 0.3) is 5.91 Å². The number of morpholine rings is 1. The topological polar surface area (TPSA) is 69.2 Å². The predicted octanol–water partition coefficient (Wildman–Crippen LogP) is 1.97. The van der Waals surface area contributed by atoms with Crippen molar-refractivity contribution in [2.24, 2.45) is 4.99 Å². The smallest absolute Gasteiger partial charge is 0.251 e. The quantitative estimate of drug-likeness (QED) is 0.395. The molecule has 0 aromatic heterocycles. The number of hydrogen-bond donors (Lipinski definition) is 2. The number of amides is 1. The number of benzene rings is 2. The summed E-state index contributed by atoms with van der Waals surface area (Å²) in [4.78, 5) is 21.4. The average molecular weight is 436 g/mol. The standard InChI is InChI=1S/C25H33N5O2/c1-26-25(28-14-8-13-27-24(31)21-11-6-3-7-12-21)30-18-22-23(19-30)32-16-15-29(22)17-20-9-4-2-5-10-20/h2-7,9-12,22-23H,8,13-19H2,1H3,(H,26,28)(H,27,31). The highest BCUT2D eigenvalue weighted by atomic mass is 16.5. The number of nitrogens with one attached hydrogen (secondary N) is 2. The van der Waals surface area contributed by atoms with Gasteiger partial charge in [-0.15, -0.1) is 0 Å². The number of nitrogens with zero attached hydrogens (tertiary/aromatic N) is 3. The Labute approximate surface area is 190 Å². The van der Waals surface area contributed by atoms with E-state index in [-0.39, 0.29) is 12.0 Å². The first-order valence-corrected chi connectivity index (χ1v) is 11.4. The van der Waals surface area contributed by atoms with E-state index in [4.69, 9.17) is 4.74 Å². The SMILES string of the molecule is CN=C(NCCCNC(=O)c1ccccc1)N1CC2OCCN(Cc3ccccc3)C2C1. The van der Waals surface area contributed by atoms with Crippen molar-refractivity contribution in [2.75, 3.05) is 46.4 Å². The Kier molecular flexibility index (Phi) is 7.74. The summed E-state index contributed by atoms with van der Waals surface area (Å²) in [5.41, 5.74) is 2.03. The van der Waals surface area contributed by atoms with Gasteiger partial charge in [0, 0.05) is 51.9 Å². The van der Waals surface area contributed by atoms with E-state index >= 15 is 0 Å². The fourth-order valence-corrected chi connectivity index (χ4v) is 4.46. The van der Waals surface area contributed by atoms with Gasteiger partial charge >= 0.3 is 0 Å². The molecule has 2 fully saturated rings. The van der Waals surface area contributed by atoms with Gasteiger partial charge in [0.15, 0.2) is 5.96 Å². The maximum atomic E-state index is 12.1. The number of rotatable bonds is 7. The summed E-state index contributed by atoms with van der Waals surface area (Å²) in [7, 11) is 1.82. The molecule has 0 bridgehead atoms. The van der Waals surface area contributed by atoms with Crippen molar-refractivity contribution in [3.8, 4) is 0 Å². The Bertz CT molecular complexity index is 890. The third-order valence-corrected chi connectivity index (χ3v) is 6.11. The van der Waals surface area contributed by atoms with Crippen molar-refractivity contribution in [1.82, 2.24) is 20.4 Å². The van der Waals surface area contributed by atoms with Gasteiger partial charge in [-0.25, -0.2) is 0 Å². The molecule has 7 nitrogen and oxygen atoms in total. The van der Waals surface area contributed by atoms with Gasteiger partial charge in [-0.2, -0.15) is 0 Å². The molecule has 7 heteroatoms. The molecule has 4 rings (SSSR count). The summed E-state index contributed by atoms with van der Waals surface area (Å²) >= 11 is 0. The molecule has 0 radical (unpaired) electrons. The van der Waals surface area contributed by atoms with Crippen LogP contribution in [0.4, 0.5) is 0 Å². The molecule has 2 saturated heterocycles. The Morgan fingerprint density at radius 3 is 2.50 bits per heavy atom. The number of carbonyl (C=O) groups excluding carboxylic acids is 1. The second kappa shape index (κ2) is 11.1. The first kappa shape index (κ1) is 22.3. The zero-order valence-corrected chi connectivity index (χ0v) is 18.7. The largest absolute Gasteiger partial charge is 0.373 e. The molecule has 0 saturated carbocycles. The van der Waals surface area contributed by atoms with Crippen molar-refractivity contribution in [3.63, 3.8) is 0 Å². The van der Waals surface area contributed by atoms with Crippen molar-refractivity contribution in [3.05, 3.63) is 71.8 Å². The lowest BCUT2D eigenvalue weighted by atomic mass is 10.1. The van der Waals surface area contributed by atoms with E-state index < -0.39 is 0 Å². The summed E-state index contributed by atoms with van der Waals surface area (Å²) in [6, 6.07) is 20.3. The summed E-state index contributed by atoms with van der Waals surface area (Å²) in [5.74, 6) is 0.867. The summed E-state index contributed by atoms with van der Waals surface area (Å²) in [5, 5.41) is 6.42. The number of hydrogen-bond acceptors (Lipinski definition) is 4. The zero-order valence-electron chi connectivity index (χ0n) is 18.7. The molecular formula is C25H33N5O2. The number of carbonyl (C=O) groups is 1. The molecule has 2 aromatic rings. The van der Waals surface area contributed by atoms with Crippen molar-refractivity contribution in [2.45, 2.75) is 25.1 Å². The van der Waals surface area contributed by atoms with Crippen molar-refractivity contribution < 1.29 is 9.53 Å². The Hall–Kier alpha value is -2.90. The van der Waals surface area contributed by atoms with Gasteiger partial charge in [-0.3, -0.25) is 14.7 Å². The normalized spacial score (nSPS) is 21.3. The van der Waals surface area contributed by atoms with Gasteiger partial charge in [-0.1, -0.05) is 48.5 Å². The van der Waals surface area contributed by atoms with Crippen LogP contribution in [0.15, 0.2) is 65.7 Å². The third kappa shape index (κ3) is 5.66. The van der Waals surface area contributed by atoms with Crippen LogP contribution in [0.5, 0.6) is 0 Å². The van der Waals surface area contributed by atoms with Gasteiger partial charge in [-0.05, 0) is 24.1 Å². The van der Waals surface area contributed by atoms with E-state index in [0.717, 1.165) is 51.7 Å². The molecule has 2 unspecified atom stereocenters. The van der Waals surface area contributed by atoms with Crippen molar-refractivity contribution in [1.29, 1.82) is 0 Å². The summed E-state index contributed by atoms with van der Waals surface area (Å²) in [6.45, 7) is 5.81. The highest BCUT2D eigenvalue weighted by molar-refractivity contribution is 5.94. The first-order valence-electron chi connectivity index (χ1n) is 11.4. The highest BCUT2D eigenvalue weighted by Gasteiger charge is 2.41. The molecule has 0 spiro atoms. The molecule has 2 aliphatic heterocycles. The molecule has 2 heterocycles. The maximum absolute atomic E-state index is 12.1. The van der Waals surface area contributed by atoms with E-state index in [0.29, 0.717) is 18.2 Å². The second-order valence-electron chi connectivity index (χ2n) is 8.29. The van der Waals surface area contributed by atoms with Crippen LogP contribution in [0.25, 0.3) is 0 Å². The number of likely N-dealkylation sites (tertiary alicyclic amines) is 1. The lowest BCUT2D eigenvalue weighted by Crippen LogP contribution is -2.50. The molecular weight excluding hydrogens is 402 g/mol. The minimum absolute atomic E-state index is 0.0331. The van der Waals surface area contributed by atoms with Gasteiger partial charge in [0.1, 0.15) is 0 Å². The predicted molar refractivity (Wildman–Crippen MR) is 127 cm³/mol. The number of ether oxygens (including phenoxy) is 1. The van der Waals surface area contributed by atoms with E-state index in [1.807, 2.05) is 37.4 Å². The Balaban J connectivity index is 1.23. The minimum atomic E-state index is -0.0331. The molecule has 32 heavy (non-hydrogen) atoms. The fourth-order valence-electron chi connectivity index (χ4n) is 4.46. The first-order chi connectivity index (χ1) is 15.7. The minimum Gasteiger partial charge on any atom is -0.373 e. The highest BCUT2D eigenvalue weighted by Crippen LogP contribution is 2.24. The van der Waals surface area contributed by atoms with Gasteiger partial charge in [0.05, 0.1) is 18.8 Å². The van der Waals surface area contributed by atoms with E-state index in [9.17, 15) is 4.79 Å². The summed E-state index contributed by atoms with van der Waals surface area (Å²) < 4.78 is 6.09. The maximum Gasteiger partial charge on any atom is 0.251 e. The fraction of sp³-hybridized carbons (Fsp3) is 0.440. The zero-order chi connectivity index (χ0) is 22.2.